The molecule has 1 aromatic rings. The van der Waals surface area contributed by atoms with Gasteiger partial charge in [0.25, 0.3) is 5.91 Å². The van der Waals surface area contributed by atoms with Crippen LogP contribution in [0.3, 0.4) is 0 Å². The Bertz CT molecular complexity index is 463. The molecule has 102 valence electrons. The van der Waals surface area contributed by atoms with Crippen molar-refractivity contribution in [2.24, 2.45) is 0 Å². The fraction of sp³-hybridized carbons (Fsp3) is 0.231. The summed E-state index contributed by atoms with van der Waals surface area (Å²) >= 11 is 2.10. The van der Waals surface area contributed by atoms with E-state index in [1.54, 1.807) is 6.07 Å². The number of hydrogen-bond acceptors (Lipinski definition) is 3. The zero-order chi connectivity index (χ0) is 14.1. The molecule has 0 fully saturated rings. The van der Waals surface area contributed by atoms with E-state index in [0.717, 1.165) is 3.57 Å². The van der Waals surface area contributed by atoms with Gasteiger partial charge in [-0.05, 0) is 34.7 Å². The van der Waals surface area contributed by atoms with Gasteiger partial charge in [-0.1, -0.05) is 24.8 Å². The first-order valence-corrected chi connectivity index (χ1v) is 6.77. The second kappa shape index (κ2) is 8.52. The second-order valence-electron chi connectivity index (χ2n) is 3.55. The molecular weight excluding hydrogens is 359 g/mol. The van der Waals surface area contributed by atoms with Gasteiger partial charge in [0.1, 0.15) is 6.61 Å². The van der Waals surface area contributed by atoms with Crippen LogP contribution in [-0.2, 0) is 4.74 Å². The number of rotatable bonds is 6. The van der Waals surface area contributed by atoms with Crippen LogP contribution in [0.1, 0.15) is 10.4 Å². The SMILES string of the molecule is C=CCOC(=O)NCCNC(=O)c1ccccc1I. The third-order valence-electron chi connectivity index (χ3n) is 2.13. The van der Waals surface area contributed by atoms with Crippen LogP contribution in [0.4, 0.5) is 4.79 Å². The van der Waals surface area contributed by atoms with Crippen LogP contribution in [0.5, 0.6) is 0 Å². The largest absolute Gasteiger partial charge is 0.445 e. The zero-order valence-corrected chi connectivity index (χ0v) is 12.5. The molecule has 5 nitrogen and oxygen atoms in total. The van der Waals surface area contributed by atoms with E-state index >= 15 is 0 Å². The number of carbonyl (C=O) groups excluding carboxylic acids is 2. The van der Waals surface area contributed by atoms with Gasteiger partial charge in [0.2, 0.25) is 0 Å². The van der Waals surface area contributed by atoms with Crippen molar-refractivity contribution in [1.82, 2.24) is 10.6 Å². The normalized spacial score (nSPS) is 9.53. The van der Waals surface area contributed by atoms with Crippen molar-refractivity contribution in [2.75, 3.05) is 19.7 Å². The Kier molecular flexibility index (Phi) is 6.94. The van der Waals surface area contributed by atoms with Crippen molar-refractivity contribution in [3.63, 3.8) is 0 Å². The number of halogens is 1. The summed E-state index contributed by atoms with van der Waals surface area (Å²) in [5.41, 5.74) is 0.623. The minimum Gasteiger partial charge on any atom is -0.445 e. The fourth-order valence-corrected chi connectivity index (χ4v) is 1.90. The summed E-state index contributed by atoms with van der Waals surface area (Å²) in [6.45, 7) is 4.25. The molecule has 2 amide bonds. The smallest absolute Gasteiger partial charge is 0.407 e. The van der Waals surface area contributed by atoms with Crippen molar-refractivity contribution in [2.45, 2.75) is 0 Å². The first-order chi connectivity index (χ1) is 9.15. The molecule has 0 saturated heterocycles. The number of nitrogens with one attached hydrogen (secondary N) is 2. The van der Waals surface area contributed by atoms with Crippen molar-refractivity contribution in [3.05, 3.63) is 46.1 Å². The second-order valence-corrected chi connectivity index (χ2v) is 4.71. The monoisotopic (exact) mass is 374 g/mol. The van der Waals surface area contributed by atoms with Gasteiger partial charge in [-0.3, -0.25) is 4.79 Å². The summed E-state index contributed by atoms with van der Waals surface area (Å²) in [5, 5.41) is 5.23. The molecule has 1 aromatic carbocycles. The van der Waals surface area contributed by atoms with Gasteiger partial charge in [0.15, 0.2) is 0 Å². The maximum atomic E-state index is 11.8. The van der Waals surface area contributed by atoms with Gasteiger partial charge in [-0.2, -0.15) is 0 Å². The number of amides is 2. The summed E-state index contributed by atoms with van der Waals surface area (Å²) < 4.78 is 5.61. The quantitative estimate of drug-likeness (QED) is 0.454. The summed E-state index contributed by atoms with van der Waals surface area (Å²) in [4.78, 5) is 22.9. The molecule has 2 N–H and O–H groups in total. The van der Waals surface area contributed by atoms with Crippen LogP contribution >= 0.6 is 22.6 Å². The van der Waals surface area contributed by atoms with Crippen LogP contribution in [0, 0.1) is 3.57 Å². The van der Waals surface area contributed by atoms with Gasteiger partial charge in [0.05, 0.1) is 5.56 Å². The molecule has 0 unspecified atom stereocenters. The lowest BCUT2D eigenvalue weighted by Crippen LogP contribution is -2.35. The number of carbonyl (C=O) groups is 2. The molecule has 1 rings (SSSR count). The van der Waals surface area contributed by atoms with Crippen LogP contribution in [0.15, 0.2) is 36.9 Å². The van der Waals surface area contributed by atoms with Gasteiger partial charge in [-0.15, -0.1) is 0 Å². The average Bonchev–Trinajstić information content (AvgIpc) is 2.41. The molecule has 0 aliphatic heterocycles. The Labute approximate surface area is 125 Å². The third kappa shape index (κ3) is 5.73. The average molecular weight is 374 g/mol. The molecule has 0 aliphatic rings. The van der Waals surface area contributed by atoms with Gasteiger partial charge >= 0.3 is 6.09 Å². The van der Waals surface area contributed by atoms with Crippen LogP contribution in [0.2, 0.25) is 0 Å². The van der Waals surface area contributed by atoms with Crippen LogP contribution in [0.25, 0.3) is 0 Å². The molecule has 0 aromatic heterocycles. The topological polar surface area (TPSA) is 67.4 Å². The molecule has 0 saturated carbocycles. The predicted molar refractivity (Wildman–Crippen MR) is 81.0 cm³/mol. The predicted octanol–water partition coefficient (Wildman–Crippen LogP) is 1.93. The lowest BCUT2D eigenvalue weighted by molar-refractivity contribution is 0.0951. The Morgan fingerprint density at radius 1 is 1.26 bits per heavy atom. The summed E-state index contributed by atoms with van der Waals surface area (Å²) in [7, 11) is 0. The van der Waals surface area contributed by atoms with E-state index in [1.165, 1.54) is 6.08 Å². The minimum absolute atomic E-state index is 0.161. The Morgan fingerprint density at radius 3 is 2.63 bits per heavy atom. The lowest BCUT2D eigenvalue weighted by atomic mass is 10.2. The first kappa shape index (κ1) is 15.5. The van der Waals surface area contributed by atoms with E-state index in [1.807, 2.05) is 18.2 Å². The molecule has 19 heavy (non-hydrogen) atoms. The number of hydrogen-bond donors (Lipinski definition) is 2. The van der Waals surface area contributed by atoms with Gasteiger partial charge in [-0.25, -0.2) is 4.79 Å². The van der Waals surface area contributed by atoms with E-state index in [9.17, 15) is 9.59 Å². The van der Waals surface area contributed by atoms with Crippen molar-refractivity contribution in [1.29, 1.82) is 0 Å². The molecule has 0 atom stereocenters. The van der Waals surface area contributed by atoms with E-state index < -0.39 is 6.09 Å². The van der Waals surface area contributed by atoms with E-state index in [-0.39, 0.29) is 12.5 Å². The van der Waals surface area contributed by atoms with Crippen LogP contribution < -0.4 is 10.6 Å². The van der Waals surface area contributed by atoms with Crippen molar-refractivity contribution in [3.8, 4) is 0 Å². The third-order valence-corrected chi connectivity index (χ3v) is 3.07. The number of alkyl carbamates (subject to hydrolysis) is 1. The van der Waals surface area contributed by atoms with Crippen molar-refractivity contribution < 1.29 is 14.3 Å². The standard InChI is InChI=1S/C13H15IN2O3/c1-2-9-19-13(18)16-8-7-15-12(17)10-5-3-4-6-11(10)14/h2-6H,1,7-9H2,(H,15,17)(H,16,18). The highest BCUT2D eigenvalue weighted by molar-refractivity contribution is 14.1. The highest BCUT2D eigenvalue weighted by Crippen LogP contribution is 2.10. The maximum Gasteiger partial charge on any atom is 0.407 e. The Hall–Kier alpha value is -1.57. The number of ether oxygens (including phenoxy) is 1. The summed E-state index contributed by atoms with van der Waals surface area (Å²) in [6, 6.07) is 7.29. The molecule has 0 heterocycles. The van der Waals surface area contributed by atoms with E-state index in [2.05, 4.69) is 39.8 Å². The first-order valence-electron chi connectivity index (χ1n) is 5.69. The molecule has 6 heteroatoms. The highest BCUT2D eigenvalue weighted by Gasteiger charge is 2.08. The highest BCUT2D eigenvalue weighted by atomic mass is 127. The van der Waals surface area contributed by atoms with Crippen LogP contribution in [-0.4, -0.2) is 31.7 Å². The summed E-state index contributed by atoms with van der Waals surface area (Å²) in [6.07, 6.45) is 0.960. The van der Waals surface area contributed by atoms with Gasteiger partial charge in [0, 0.05) is 16.7 Å². The van der Waals surface area contributed by atoms with Gasteiger partial charge < -0.3 is 15.4 Å². The lowest BCUT2D eigenvalue weighted by Gasteiger charge is -2.08. The summed E-state index contributed by atoms with van der Waals surface area (Å²) in [5.74, 6) is -0.161. The molecular formula is C13H15IN2O3. The minimum atomic E-state index is -0.525. The Morgan fingerprint density at radius 2 is 1.95 bits per heavy atom. The Balaban J connectivity index is 2.26. The van der Waals surface area contributed by atoms with Crippen molar-refractivity contribution >= 4 is 34.6 Å². The molecule has 0 bridgehead atoms. The maximum absolute atomic E-state index is 11.8. The fourth-order valence-electron chi connectivity index (χ4n) is 1.27. The van der Waals surface area contributed by atoms with E-state index in [4.69, 9.17) is 4.74 Å². The zero-order valence-electron chi connectivity index (χ0n) is 10.3. The van der Waals surface area contributed by atoms with E-state index in [0.29, 0.717) is 18.7 Å². The molecule has 0 radical (unpaired) electrons. The molecule has 0 aliphatic carbocycles. The molecule has 0 spiro atoms. The number of benzene rings is 1.